The number of carbonyl (C=O) groups excluding carboxylic acids is 1. The summed E-state index contributed by atoms with van der Waals surface area (Å²) in [5, 5.41) is 20.2. The van der Waals surface area contributed by atoms with Crippen LogP contribution < -0.4 is 5.32 Å². The fourth-order valence-corrected chi connectivity index (χ4v) is 3.48. The SMILES string of the molecule is O=C(C=Cc1ccsc1)NCCC(CCO)c1ccsc1. The largest absolute Gasteiger partial charge is 0.396 e. The molecule has 2 heterocycles. The van der Waals surface area contributed by atoms with E-state index in [2.05, 4.69) is 16.8 Å². The van der Waals surface area contributed by atoms with Gasteiger partial charge in [0.05, 0.1) is 0 Å². The summed E-state index contributed by atoms with van der Waals surface area (Å²) < 4.78 is 0. The molecule has 2 aromatic rings. The van der Waals surface area contributed by atoms with Crippen LogP contribution in [0.3, 0.4) is 0 Å². The maximum atomic E-state index is 11.7. The molecule has 0 saturated heterocycles. The first-order valence-corrected chi connectivity index (χ1v) is 8.79. The molecule has 0 aliphatic rings. The fraction of sp³-hybridized carbons (Fsp3) is 0.312. The summed E-state index contributed by atoms with van der Waals surface area (Å²) in [5.74, 6) is 0.233. The summed E-state index contributed by atoms with van der Waals surface area (Å²) in [6, 6.07) is 4.06. The Bertz CT molecular complexity index is 547. The van der Waals surface area contributed by atoms with Crippen LogP contribution in [0, 0.1) is 0 Å². The van der Waals surface area contributed by atoms with Gasteiger partial charge in [-0.3, -0.25) is 4.79 Å². The molecule has 0 fully saturated rings. The Morgan fingerprint density at radius 1 is 1.24 bits per heavy atom. The molecular weight excluding hydrogens is 302 g/mol. The topological polar surface area (TPSA) is 49.3 Å². The molecule has 2 rings (SSSR count). The number of carbonyl (C=O) groups is 1. The van der Waals surface area contributed by atoms with Crippen molar-refractivity contribution in [2.24, 2.45) is 0 Å². The molecule has 2 aromatic heterocycles. The molecule has 1 atom stereocenters. The first kappa shape index (κ1) is 15.9. The fourth-order valence-electron chi connectivity index (χ4n) is 2.11. The van der Waals surface area contributed by atoms with Crippen molar-refractivity contribution in [3.05, 3.63) is 50.9 Å². The molecule has 5 heteroatoms. The average Bonchev–Trinajstić information content (AvgIpc) is 3.17. The van der Waals surface area contributed by atoms with E-state index in [-0.39, 0.29) is 12.5 Å². The third-order valence-electron chi connectivity index (χ3n) is 3.25. The summed E-state index contributed by atoms with van der Waals surface area (Å²) in [6.07, 6.45) is 4.95. The highest BCUT2D eigenvalue weighted by atomic mass is 32.1. The molecule has 0 aromatic carbocycles. The molecule has 0 radical (unpaired) electrons. The molecule has 2 N–H and O–H groups in total. The number of rotatable bonds is 8. The molecule has 0 aliphatic carbocycles. The zero-order valence-corrected chi connectivity index (χ0v) is 13.3. The molecule has 3 nitrogen and oxygen atoms in total. The van der Waals surface area contributed by atoms with Crippen LogP contribution in [0.2, 0.25) is 0 Å². The minimum Gasteiger partial charge on any atom is -0.396 e. The molecule has 0 aliphatic heterocycles. The molecule has 0 bridgehead atoms. The summed E-state index contributed by atoms with van der Waals surface area (Å²) in [6.45, 7) is 0.792. The summed E-state index contributed by atoms with van der Waals surface area (Å²) in [7, 11) is 0. The van der Waals surface area contributed by atoms with Crippen LogP contribution in [0.4, 0.5) is 0 Å². The van der Waals surface area contributed by atoms with Crippen molar-refractivity contribution in [2.75, 3.05) is 13.2 Å². The normalized spacial score (nSPS) is 12.6. The maximum absolute atomic E-state index is 11.7. The van der Waals surface area contributed by atoms with Gasteiger partial charge in [-0.05, 0) is 69.6 Å². The molecule has 0 saturated carbocycles. The Kier molecular flexibility index (Phi) is 6.66. The van der Waals surface area contributed by atoms with Crippen molar-refractivity contribution in [2.45, 2.75) is 18.8 Å². The van der Waals surface area contributed by atoms with Crippen molar-refractivity contribution in [3.63, 3.8) is 0 Å². The van der Waals surface area contributed by atoms with E-state index in [9.17, 15) is 4.79 Å². The number of amides is 1. The van der Waals surface area contributed by atoms with Crippen LogP contribution in [0.1, 0.15) is 29.9 Å². The van der Waals surface area contributed by atoms with Crippen molar-refractivity contribution in [3.8, 4) is 0 Å². The minimum absolute atomic E-state index is 0.0748. The lowest BCUT2D eigenvalue weighted by atomic mass is 9.95. The molecular formula is C16H19NO2S2. The molecule has 0 spiro atoms. The second kappa shape index (κ2) is 8.77. The summed E-state index contributed by atoms with van der Waals surface area (Å²) >= 11 is 3.27. The number of hydrogen-bond donors (Lipinski definition) is 2. The molecule has 21 heavy (non-hydrogen) atoms. The molecule has 112 valence electrons. The summed E-state index contributed by atoms with van der Waals surface area (Å²) in [5.41, 5.74) is 2.30. The number of thiophene rings is 2. The van der Waals surface area contributed by atoms with Crippen LogP contribution in [0.15, 0.2) is 39.7 Å². The molecule has 1 amide bonds. The molecule has 1 unspecified atom stereocenters. The van der Waals surface area contributed by atoms with E-state index in [1.54, 1.807) is 28.7 Å². The van der Waals surface area contributed by atoms with Gasteiger partial charge in [-0.15, -0.1) is 0 Å². The van der Waals surface area contributed by atoms with Crippen molar-refractivity contribution >= 4 is 34.7 Å². The number of aliphatic hydroxyl groups is 1. The van der Waals surface area contributed by atoms with Gasteiger partial charge in [0.15, 0.2) is 0 Å². The van der Waals surface area contributed by atoms with Crippen LogP contribution >= 0.6 is 22.7 Å². The van der Waals surface area contributed by atoms with E-state index in [1.807, 2.05) is 28.3 Å². The number of hydrogen-bond acceptors (Lipinski definition) is 4. The van der Waals surface area contributed by atoms with Gasteiger partial charge in [0.2, 0.25) is 5.91 Å². The van der Waals surface area contributed by atoms with Gasteiger partial charge in [0.1, 0.15) is 0 Å². The van der Waals surface area contributed by atoms with Gasteiger partial charge >= 0.3 is 0 Å². The van der Waals surface area contributed by atoms with Gasteiger partial charge in [-0.25, -0.2) is 0 Å². The van der Waals surface area contributed by atoms with E-state index in [0.29, 0.717) is 12.5 Å². The Hall–Kier alpha value is -1.43. The van der Waals surface area contributed by atoms with Gasteiger partial charge in [-0.1, -0.05) is 0 Å². The van der Waals surface area contributed by atoms with Gasteiger partial charge in [-0.2, -0.15) is 22.7 Å². The van der Waals surface area contributed by atoms with Gasteiger partial charge in [0.25, 0.3) is 0 Å². The third-order valence-corrected chi connectivity index (χ3v) is 4.66. The smallest absolute Gasteiger partial charge is 0.243 e. The zero-order valence-electron chi connectivity index (χ0n) is 11.7. The third kappa shape index (κ3) is 5.46. The number of aliphatic hydroxyl groups excluding tert-OH is 1. The standard InChI is InChI=1S/C16H19NO2S2/c18-8-4-14(15-6-10-21-12-15)3-7-17-16(19)2-1-13-5-9-20-11-13/h1-2,5-6,9-12,14,18H,3-4,7-8H2,(H,17,19). The number of nitrogens with one attached hydrogen (secondary N) is 1. The van der Waals surface area contributed by atoms with Crippen LogP contribution in [-0.4, -0.2) is 24.2 Å². The monoisotopic (exact) mass is 321 g/mol. The highest BCUT2D eigenvalue weighted by molar-refractivity contribution is 7.08. The predicted octanol–water partition coefficient (Wildman–Crippen LogP) is 3.50. The lowest BCUT2D eigenvalue weighted by Crippen LogP contribution is -2.23. The maximum Gasteiger partial charge on any atom is 0.243 e. The first-order chi connectivity index (χ1) is 10.3. The van der Waals surface area contributed by atoms with E-state index < -0.39 is 0 Å². The van der Waals surface area contributed by atoms with Gasteiger partial charge in [0, 0.05) is 19.2 Å². The van der Waals surface area contributed by atoms with Crippen molar-refractivity contribution in [1.82, 2.24) is 5.32 Å². The first-order valence-electron chi connectivity index (χ1n) is 6.90. The van der Waals surface area contributed by atoms with E-state index >= 15 is 0 Å². The lowest BCUT2D eigenvalue weighted by molar-refractivity contribution is -0.116. The Balaban J connectivity index is 1.75. The Morgan fingerprint density at radius 2 is 2.05 bits per heavy atom. The Morgan fingerprint density at radius 3 is 2.71 bits per heavy atom. The zero-order chi connectivity index (χ0) is 14.9. The lowest BCUT2D eigenvalue weighted by Gasteiger charge is -2.14. The second-order valence-corrected chi connectivity index (χ2v) is 6.30. The second-order valence-electron chi connectivity index (χ2n) is 4.74. The van der Waals surface area contributed by atoms with E-state index in [1.165, 1.54) is 5.56 Å². The van der Waals surface area contributed by atoms with E-state index in [4.69, 9.17) is 5.11 Å². The van der Waals surface area contributed by atoms with Crippen LogP contribution in [-0.2, 0) is 4.79 Å². The average molecular weight is 321 g/mol. The van der Waals surface area contributed by atoms with E-state index in [0.717, 1.165) is 18.4 Å². The highest BCUT2D eigenvalue weighted by Gasteiger charge is 2.11. The van der Waals surface area contributed by atoms with Crippen molar-refractivity contribution in [1.29, 1.82) is 0 Å². The van der Waals surface area contributed by atoms with Crippen LogP contribution in [0.5, 0.6) is 0 Å². The predicted molar refractivity (Wildman–Crippen MR) is 89.7 cm³/mol. The summed E-state index contributed by atoms with van der Waals surface area (Å²) in [4.78, 5) is 11.7. The minimum atomic E-state index is -0.0748. The van der Waals surface area contributed by atoms with Gasteiger partial charge < -0.3 is 10.4 Å². The quantitative estimate of drug-likeness (QED) is 0.731. The Labute approximate surface area is 133 Å². The van der Waals surface area contributed by atoms with Crippen LogP contribution in [0.25, 0.3) is 6.08 Å². The highest BCUT2D eigenvalue weighted by Crippen LogP contribution is 2.24. The van der Waals surface area contributed by atoms with Crippen molar-refractivity contribution < 1.29 is 9.90 Å².